The monoisotopic (exact) mass is 392 g/mol. The molecule has 0 bridgehead atoms. The number of nitrogens with one attached hydrogen (secondary N) is 1. The third-order valence-electron chi connectivity index (χ3n) is 5.87. The van der Waals surface area contributed by atoms with Crippen LogP contribution in [-0.4, -0.2) is 72.7 Å². The molecule has 0 radical (unpaired) electrons. The van der Waals surface area contributed by atoms with Crippen molar-refractivity contribution in [1.82, 2.24) is 14.8 Å². The zero-order chi connectivity index (χ0) is 18.6. The maximum Gasteiger partial charge on any atom is 0.248 e. The van der Waals surface area contributed by atoms with E-state index in [-0.39, 0.29) is 18.6 Å². The molecule has 1 atom stereocenters. The van der Waals surface area contributed by atoms with Crippen LogP contribution in [0.4, 0.5) is 5.82 Å². The van der Waals surface area contributed by atoms with E-state index in [9.17, 15) is 4.79 Å². The fraction of sp³-hybridized carbons (Fsp3) is 0.700. The molecule has 1 saturated carbocycles. The van der Waals surface area contributed by atoms with Crippen molar-refractivity contribution in [2.24, 2.45) is 11.8 Å². The van der Waals surface area contributed by atoms with E-state index in [1.165, 1.54) is 45.3 Å². The molecule has 27 heavy (non-hydrogen) atoms. The number of rotatable bonds is 7. The van der Waals surface area contributed by atoms with Gasteiger partial charge in [0.25, 0.3) is 0 Å². The number of likely N-dealkylation sites (tertiary alicyclic amines) is 1. The molecule has 3 fully saturated rings. The molecule has 2 saturated heterocycles. The highest BCUT2D eigenvalue weighted by atomic mass is 35.5. The SMILES string of the molecule is O=C1COC(CNc2ncccc2Cl)CN1CC1CCN(CC2CC2)CC1. The molecular weight excluding hydrogens is 364 g/mol. The fourth-order valence-corrected chi connectivity index (χ4v) is 4.22. The van der Waals surface area contributed by atoms with Gasteiger partial charge in [-0.05, 0) is 62.7 Å². The molecule has 1 aromatic heterocycles. The molecule has 1 N–H and O–H groups in total. The number of hydrogen-bond acceptors (Lipinski definition) is 5. The molecule has 3 aliphatic rings. The summed E-state index contributed by atoms with van der Waals surface area (Å²) in [6.45, 7) is 5.92. The minimum atomic E-state index is -0.0317. The van der Waals surface area contributed by atoms with E-state index in [0.29, 0.717) is 29.8 Å². The second-order valence-electron chi connectivity index (χ2n) is 8.13. The third-order valence-corrected chi connectivity index (χ3v) is 6.18. The number of nitrogens with zero attached hydrogens (tertiary/aromatic N) is 3. The molecule has 2 aliphatic heterocycles. The first-order chi connectivity index (χ1) is 13.2. The molecular formula is C20H29ClN4O2. The minimum Gasteiger partial charge on any atom is -0.366 e. The number of amides is 1. The van der Waals surface area contributed by atoms with E-state index in [1.807, 2.05) is 11.0 Å². The van der Waals surface area contributed by atoms with Crippen LogP contribution >= 0.6 is 11.6 Å². The molecule has 1 unspecified atom stereocenters. The number of anilines is 1. The Bertz CT molecular complexity index is 647. The van der Waals surface area contributed by atoms with E-state index in [4.69, 9.17) is 16.3 Å². The Morgan fingerprint density at radius 1 is 1.19 bits per heavy atom. The van der Waals surface area contributed by atoms with Crippen molar-refractivity contribution in [2.45, 2.75) is 31.8 Å². The molecule has 148 valence electrons. The van der Waals surface area contributed by atoms with Crippen LogP contribution in [0.2, 0.25) is 5.02 Å². The predicted molar refractivity (Wildman–Crippen MR) is 106 cm³/mol. The zero-order valence-corrected chi connectivity index (χ0v) is 16.5. The first-order valence-electron chi connectivity index (χ1n) is 10.1. The van der Waals surface area contributed by atoms with Gasteiger partial charge in [-0.25, -0.2) is 4.98 Å². The van der Waals surface area contributed by atoms with Crippen molar-refractivity contribution in [3.63, 3.8) is 0 Å². The molecule has 1 aliphatic carbocycles. The normalized spacial score (nSPS) is 25.0. The summed E-state index contributed by atoms with van der Waals surface area (Å²) in [4.78, 5) is 21.1. The van der Waals surface area contributed by atoms with E-state index in [0.717, 1.165) is 12.5 Å². The molecule has 1 amide bonds. The number of carbonyl (C=O) groups is 1. The number of morpholine rings is 1. The number of ether oxygens (including phenoxy) is 1. The Morgan fingerprint density at radius 2 is 1.96 bits per heavy atom. The Balaban J connectivity index is 1.23. The number of aromatic nitrogens is 1. The van der Waals surface area contributed by atoms with Crippen LogP contribution < -0.4 is 5.32 Å². The summed E-state index contributed by atoms with van der Waals surface area (Å²) >= 11 is 6.14. The third kappa shape index (κ3) is 5.33. The van der Waals surface area contributed by atoms with E-state index >= 15 is 0 Å². The second kappa shape index (κ2) is 8.76. The lowest BCUT2D eigenvalue weighted by Gasteiger charge is -2.38. The number of piperidine rings is 1. The first-order valence-corrected chi connectivity index (χ1v) is 10.5. The Morgan fingerprint density at radius 3 is 2.70 bits per heavy atom. The largest absolute Gasteiger partial charge is 0.366 e. The van der Waals surface area contributed by atoms with Gasteiger partial charge in [-0.1, -0.05) is 11.6 Å². The standard InChI is InChI=1S/C20H29ClN4O2/c21-18-2-1-7-22-20(18)23-10-17-13-25(19(26)14-27-17)12-16-5-8-24(9-6-16)11-15-3-4-15/h1-2,7,15-17H,3-6,8-14H2,(H,22,23). The van der Waals surface area contributed by atoms with E-state index in [2.05, 4.69) is 15.2 Å². The lowest BCUT2D eigenvalue weighted by molar-refractivity contribution is -0.149. The average molecular weight is 393 g/mol. The maximum absolute atomic E-state index is 12.3. The van der Waals surface area contributed by atoms with Crippen molar-refractivity contribution < 1.29 is 9.53 Å². The highest BCUT2D eigenvalue weighted by Gasteiger charge is 2.31. The molecule has 0 aromatic carbocycles. The van der Waals surface area contributed by atoms with Gasteiger partial charge in [0, 0.05) is 32.4 Å². The van der Waals surface area contributed by atoms with Crippen LogP contribution in [-0.2, 0) is 9.53 Å². The summed E-state index contributed by atoms with van der Waals surface area (Å²) in [5, 5.41) is 3.84. The van der Waals surface area contributed by atoms with Crippen LogP contribution in [0, 0.1) is 11.8 Å². The summed E-state index contributed by atoms with van der Waals surface area (Å²) in [6, 6.07) is 3.62. The van der Waals surface area contributed by atoms with Gasteiger partial charge in [0.15, 0.2) is 0 Å². The number of halogens is 1. The molecule has 3 heterocycles. The van der Waals surface area contributed by atoms with Crippen molar-refractivity contribution in [2.75, 3.05) is 51.2 Å². The Kier molecular flexibility index (Phi) is 6.15. The number of pyridine rings is 1. The van der Waals surface area contributed by atoms with Crippen molar-refractivity contribution >= 4 is 23.3 Å². The summed E-state index contributed by atoms with van der Waals surface area (Å²) in [5.74, 6) is 2.35. The second-order valence-corrected chi connectivity index (χ2v) is 8.54. The fourth-order valence-electron chi connectivity index (χ4n) is 4.04. The van der Waals surface area contributed by atoms with Gasteiger partial charge in [-0.15, -0.1) is 0 Å². The van der Waals surface area contributed by atoms with Crippen LogP contribution in [0.1, 0.15) is 25.7 Å². The van der Waals surface area contributed by atoms with Crippen LogP contribution in [0.5, 0.6) is 0 Å². The lowest BCUT2D eigenvalue weighted by atomic mass is 9.95. The highest BCUT2D eigenvalue weighted by molar-refractivity contribution is 6.32. The molecule has 7 heteroatoms. The number of carbonyl (C=O) groups excluding carboxylic acids is 1. The molecule has 4 rings (SSSR count). The predicted octanol–water partition coefficient (Wildman–Crippen LogP) is 2.50. The van der Waals surface area contributed by atoms with Crippen molar-refractivity contribution in [3.05, 3.63) is 23.4 Å². The quantitative estimate of drug-likeness (QED) is 0.772. The van der Waals surface area contributed by atoms with Crippen molar-refractivity contribution in [1.29, 1.82) is 0 Å². The summed E-state index contributed by atoms with van der Waals surface area (Å²) in [6.07, 6.45) is 6.91. The zero-order valence-electron chi connectivity index (χ0n) is 15.8. The topological polar surface area (TPSA) is 57.7 Å². The summed E-state index contributed by atoms with van der Waals surface area (Å²) in [7, 11) is 0. The first kappa shape index (κ1) is 19.0. The van der Waals surface area contributed by atoms with Crippen molar-refractivity contribution in [3.8, 4) is 0 Å². The summed E-state index contributed by atoms with van der Waals surface area (Å²) in [5.41, 5.74) is 0. The number of hydrogen-bond donors (Lipinski definition) is 1. The van der Waals surface area contributed by atoms with Gasteiger partial charge < -0.3 is 19.9 Å². The van der Waals surface area contributed by atoms with Crippen LogP contribution in [0.15, 0.2) is 18.3 Å². The molecule has 6 nitrogen and oxygen atoms in total. The average Bonchev–Trinajstić information content (AvgIpc) is 3.49. The smallest absolute Gasteiger partial charge is 0.248 e. The van der Waals surface area contributed by atoms with Gasteiger partial charge in [-0.2, -0.15) is 0 Å². The van der Waals surface area contributed by atoms with E-state index in [1.54, 1.807) is 12.3 Å². The van der Waals surface area contributed by atoms with Gasteiger partial charge >= 0.3 is 0 Å². The Hall–Kier alpha value is -1.37. The Labute approximate surface area is 166 Å². The maximum atomic E-state index is 12.3. The molecule has 0 spiro atoms. The van der Waals surface area contributed by atoms with Gasteiger partial charge in [0.2, 0.25) is 5.91 Å². The minimum absolute atomic E-state index is 0.0317. The van der Waals surface area contributed by atoms with E-state index < -0.39 is 0 Å². The highest BCUT2D eigenvalue weighted by Crippen LogP contribution is 2.31. The summed E-state index contributed by atoms with van der Waals surface area (Å²) < 4.78 is 5.71. The van der Waals surface area contributed by atoms with Gasteiger partial charge in [0.05, 0.1) is 11.1 Å². The molecule has 1 aromatic rings. The van der Waals surface area contributed by atoms with Gasteiger partial charge in [-0.3, -0.25) is 4.79 Å². The van der Waals surface area contributed by atoms with Crippen LogP contribution in [0.3, 0.4) is 0 Å². The van der Waals surface area contributed by atoms with Gasteiger partial charge in [0.1, 0.15) is 12.4 Å². The lowest BCUT2D eigenvalue weighted by Crippen LogP contribution is -2.51. The van der Waals surface area contributed by atoms with Crippen LogP contribution in [0.25, 0.3) is 0 Å².